The number of aromatic nitrogens is 1. The standard InChI is InChI=1S/C56H56N5O/c1-5-18-36(19-6-1)41-26-13-14-27-42(41)39-34-46(56-59-54(37-20-7-2-8-21-37)58-55(60-56)38-22-9-3-10-23-38)52(57-35-39)45-29-17-31-48-50(45)51-49(62-48)33-32-44-43-28-15-16-30-47(43)61(53(44)51)40-24-11-4-12-25-40/h1-11,15-16,18-22,24,28-30,32-33,38-39,49,51,54-57,59-60H,12-14,17,23,25-27,31,34-35H2/q-1. The summed E-state index contributed by atoms with van der Waals surface area (Å²) in [6, 6.07) is 31.1. The summed E-state index contributed by atoms with van der Waals surface area (Å²) in [6.45, 7) is 0.919. The number of nitrogens with zero attached hydrogens (tertiary/aromatic N) is 2. The van der Waals surface area contributed by atoms with Crippen LogP contribution in [0.3, 0.4) is 0 Å². The topological polar surface area (TPSA) is 64.3 Å². The maximum Gasteiger partial charge on any atom is 0.129 e. The first-order chi connectivity index (χ1) is 30.8. The summed E-state index contributed by atoms with van der Waals surface area (Å²) >= 11 is 0. The molecule has 0 bridgehead atoms. The minimum atomic E-state index is -0.136. The molecule has 1 aromatic heterocycles. The highest BCUT2D eigenvalue weighted by molar-refractivity contribution is 5.95. The molecule has 62 heavy (non-hydrogen) atoms. The van der Waals surface area contributed by atoms with E-state index in [1.165, 1.54) is 80.0 Å². The molecule has 1 saturated heterocycles. The van der Waals surface area contributed by atoms with Crippen LogP contribution in [0.2, 0.25) is 0 Å². The number of nitrogens with one attached hydrogen (secondary N) is 3. The Hall–Kier alpha value is -5.66. The van der Waals surface area contributed by atoms with Crippen LogP contribution < -0.4 is 16.0 Å². The number of hydrogen-bond donors (Lipinski definition) is 3. The van der Waals surface area contributed by atoms with Gasteiger partial charge in [-0.15, -0.1) is 0 Å². The Bertz CT molecular complexity index is 2680. The highest BCUT2D eigenvalue weighted by atomic mass is 16.5. The van der Waals surface area contributed by atoms with E-state index >= 15 is 0 Å². The van der Waals surface area contributed by atoms with E-state index in [0.717, 1.165) is 57.9 Å². The van der Waals surface area contributed by atoms with Gasteiger partial charge in [0.05, 0.1) is 17.6 Å². The van der Waals surface area contributed by atoms with Gasteiger partial charge in [-0.25, -0.2) is 0 Å². The lowest BCUT2D eigenvalue weighted by Gasteiger charge is -2.54. The molecule has 12 rings (SSSR count). The fraction of sp³-hybridized carbons (Fsp3) is 0.321. The zero-order chi connectivity index (χ0) is 41.0. The molecule has 6 heteroatoms. The Balaban J connectivity index is 1.01. The van der Waals surface area contributed by atoms with Gasteiger partial charge in [-0.3, -0.25) is 0 Å². The van der Waals surface area contributed by atoms with Crippen molar-refractivity contribution < 1.29 is 4.74 Å². The second-order valence-electron chi connectivity index (χ2n) is 18.3. The molecule has 0 radical (unpaired) electrons. The smallest absolute Gasteiger partial charge is 0.129 e. The van der Waals surface area contributed by atoms with Gasteiger partial charge in [-0.05, 0) is 98.6 Å². The van der Waals surface area contributed by atoms with Crippen molar-refractivity contribution in [2.75, 3.05) is 6.54 Å². The van der Waals surface area contributed by atoms with Crippen molar-refractivity contribution in [2.24, 2.45) is 11.8 Å². The zero-order valence-electron chi connectivity index (χ0n) is 35.5. The van der Waals surface area contributed by atoms with Crippen LogP contribution in [0.1, 0.15) is 98.7 Å². The molecule has 0 spiro atoms. The van der Waals surface area contributed by atoms with Gasteiger partial charge in [-0.1, -0.05) is 151 Å². The lowest BCUT2D eigenvalue weighted by Crippen LogP contribution is -2.58. The molecular formula is C56H56N5O-. The Morgan fingerprint density at radius 2 is 1.61 bits per heavy atom. The van der Waals surface area contributed by atoms with Gasteiger partial charge in [0, 0.05) is 58.1 Å². The summed E-state index contributed by atoms with van der Waals surface area (Å²) in [7, 11) is 0. The fourth-order valence-corrected chi connectivity index (χ4v) is 11.9. The summed E-state index contributed by atoms with van der Waals surface area (Å²) in [5.41, 5.74) is 16.6. The molecule has 4 aromatic rings. The molecule has 3 aromatic carbocycles. The third-order valence-electron chi connectivity index (χ3n) is 14.8. The Kier molecular flexibility index (Phi) is 9.96. The van der Waals surface area contributed by atoms with Crippen molar-refractivity contribution in [3.8, 4) is 0 Å². The Labute approximate surface area is 366 Å². The van der Waals surface area contributed by atoms with E-state index < -0.39 is 0 Å². The molecule has 7 atom stereocenters. The predicted molar refractivity (Wildman–Crippen MR) is 253 cm³/mol. The quantitative estimate of drug-likeness (QED) is 0.174. The third-order valence-corrected chi connectivity index (χ3v) is 14.8. The first-order valence-electron chi connectivity index (χ1n) is 23.4. The molecule has 7 unspecified atom stereocenters. The SMILES string of the molecule is C1=CCCC(n2c3c(c4ccccc42)C=CC2OC4=C(C(C5=C(C6NC(c7ccccc7)[N-]C(C7C=CC=CC7)N6)CC(C6=C(c7ccccc7)CCCC6)CN5)=CCC4)C32)=C1. The van der Waals surface area contributed by atoms with Crippen LogP contribution in [-0.4, -0.2) is 29.5 Å². The number of ether oxygens (including phenoxy) is 1. The van der Waals surface area contributed by atoms with E-state index in [0.29, 0.717) is 5.92 Å². The normalized spacial score (nSPS) is 29.2. The minimum Gasteiger partial charge on any atom is -0.628 e. The summed E-state index contributed by atoms with van der Waals surface area (Å²) < 4.78 is 9.71. The molecular weight excluding hydrogens is 759 g/mol. The largest absolute Gasteiger partial charge is 0.628 e. The van der Waals surface area contributed by atoms with Gasteiger partial charge in [0.2, 0.25) is 0 Å². The number of hydrogen-bond acceptors (Lipinski definition) is 4. The van der Waals surface area contributed by atoms with Crippen LogP contribution >= 0.6 is 0 Å². The average Bonchev–Trinajstić information content (AvgIpc) is 3.91. The van der Waals surface area contributed by atoms with Gasteiger partial charge < -0.3 is 30.6 Å². The van der Waals surface area contributed by atoms with Crippen molar-refractivity contribution in [1.29, 1.82) is 0 Å². The number of rotatable bonds is 7. The van der Waals surface area contributed by atoms with E-state index in [1.54, 1.807) is 11.1 Å². The molecule has 1 fully saturated rings. The van der Waals surface area contributed by atoms with Gasteiger partial charge in [0.1, 0.15) is 11.9 Å². The number of benzene rings is 3. The monoisotopic (exact) mass is 814 g/mol. The van der Waals surface area contributed by atoms with Gasteiger partial charge in [-0.2, -0.15) is 0 Å². The van der Waals surface area contributed by atoms with E-state index in [2.05, 4.69) is 166 Å². The van der Waals surface area contributed by atoms with Crippen LogP contribution in [0.15, 0.2) is 173 Å². The van der Waals surface area contributed by atoms with Gasteiger partial charge in [0.25, 0.3) is 0 Å². The minimum absolute atomic E-state index is 0.0376. The number of allylic oxidation sites excluding steroid dienone is 11. The van der Waals surface area contributed by atoms with Crippen LogP contribution in [0.4, 0.5) is 0 Å². The molecule has 0 amide bonds. The zero-order valence-corrected chi connectivity index (χ0v) is 35.5. The fourth-order valence-electron chi connectivity index (χ4n) is 11.9. The molecule has 4 heterocycles. The maximum atomic E-state index is 7.10. The van der Waals surface area contributed by atoms with Crippen LogP contribution in [0.25, 0.3) is 33.6 Å². The highest BCUT2D eigenvalue weighted by Crippen LogP contribution is 2.54. The molecule has 3 N–H and O–H groups in total. The molecule has 3 aliphatic heterocycles. The average molecular weight is 815 g/mol. The van der Waals surface area contributed by atoms with Crippen LogP contribution in [0, 0.1) is 11.8 Å². The van der Waals surface area contributed by atoms with E-state index in [9.17, 15) is 0 Å². The second kappa shape index (κ2) is 16.2. The maximum absolute atomic E-state index is 7.10. The highest BCUT2D eigenvalue weighted by Gasteiger charge is 2.46. The number of para-hydroxylation sites is 1. The van der Waals surface area contributed by atoms with Crippen molar-refractivity contribution in [2.45, 2.75) is 94.7 Å². The van der Waals surface area contributed by atoms with Crippen molar-refractivity contribution >= 4 is 28.2 Å². The van der Waals surface area contributed by atoms with E-state index in [4.69, 9.17) is 10.1 Å². The Morgan fingerprint density at radius 1 is 0.758 bits per heavy atom. The first-order valence-corrected chi connectivity index (χ1v) is 23.4. The lowest BCUT2D eigenvalue weighted by molar-refractivity contribution is 0.163. The van der Waals surface area contributed by atoms with Crippen LogP contribution in [-0.2, 0) is 4.74 Å². The summed E-state index contributed by atoms with van der Waals surface area (Å²) in [6.07, 6.45) is 33.6. The van der Waals surface area contributed by atoms with E-state index in [-0.39, 0.29) is 36.4 Å². The van der Waals surface area contributed by atoms with Gasteiger partial charge in [0.15, 0.2) is 0 Å². The summed E-state index contributed by atoms with van der Waals surface area (Å²) in [4.78, 5) is 0. The molecule has 5 aliphatic carbocycles. The molecule has 312 valence electrons. The van der Waals surface area contributed by atoms with Crippen molar-refractivity contribution in [3.63, 3.8) is 0 Å². The second-order valence-corrected chi connectivity index (χ2v) is 18.3. The van der Waals surface area contributed by atoms with E-state index in [1.807, 2.05) is 0 Å². The van der Waals surface area contributed by atoms with Crippen molar-refractivity contribution in [1.82, 2.24) is 20.5 Å². The number of fused-ring (bicyclic) bond motifs is 6. The Morgan fingerprint density at radius 3 is 2.47 bits per heavy atom. The van der Waals surface area contributed by atoms with Gasteiger partial charge >= 0.3 is 0 Å². The summed E-state index contributed by atoms with van der Waals surface area (Å²) in [5.74, 6) is 1.92. The molecule has 0 saturated carbocycles. The lowest BCUT2D eigenvalue weighted by atomic mass is 9.74. The third kappa shape index (κ3) is 6.66. The molecule has 6 nitrogen and oxygen atoms in total. The van der Waals surface area contributed by atoms with Crippen molar-refractivity contribution in [3.05, 3.63) is 201 Å². The summed E-state index contributed by atoms with van der Waals surface area (Å²) in [5, 5.41) is 19.3. The first kappa shape index (κ1) is 38.0. The molecule has 8 aliphatic rings. The predicted octanol–water partition coefficient (Wildman–Crippen LogP) is 12.3. The van der Waals surface area contributed by atoms with Crippen LogP contribution in [0.5, 0.6) is 0 Å².